The van der Waals surface area contributed by atoms with Gasteiger partial charge in [-0.25, -0.2) is 14.8 Å². The number of anilines is 1. The van der Waals surface area contributed by atoms with Crippen LogP contribution in [0.25, 0.3) is 0 Å². The Hall–Kier alpha value is -2.43. The Balaban J connectivity index is 2.05. The molecule has 1 unspecified atom stereocenters. The Labute approximate surface area is 123 Å². The highest BCUT2D eigenvalue weighted by atomic mass is 16.4. The SMILES string of the molecule is Cc1cc(N2Cc3ccccc3CC2C(=O)O)nc(C)n1. The molecule has 1 N–H and O–H groups in total. The average molecular weight is 283 g/mol. The van der Waals surface area contributed by atoms with Crippen LogP contribution < -0.4 is 4.90 Å². The summed E-state index contributed by atoms with van der Waals surface area (Å²) in [6.45, 7) is 4.28. The lowest BCUT2D eigenvalue weighted by molar-refractivity contribution is -0.138. The first kappa shape index (κ1) is 13.5. The smallest absolute Gasteiger partial charge is 0.326 e. The van der Waals surface area contributed by atoms with Crippen molar-refractivity contribution >= 4 is 11.8 Å². The summed E-state index contributed by atoms with van der Waals surface area (Å²) in [5, 5.41) is 9.55. The lowest BCUT2D eigenvalue weighted by Gasteiger charge is -2.35. The van der Waals surface area contributed by atoms with E-state index in [0.717, 1.165) is 16.8 Å². The molecule has 0 spiro atoms. The number of hydrogen-bond acceptors (Lipinski definition) is 4. The summed E-state index contributed by atoms with van der Waals surface area (Å²) < 4.78 is 0. The molecule has 2 aromatic rings. The molecule has 1 aliphatic rings. The normalized spacial score (nSPS) is 17.4. The van der Waals surface area contributed by atoms with Crippen molar-refractivity contribution in [2.24, 2.45) is 0 Å². The zero-order valence-corrected chi connectivity index (χ0v) is 12.1. The van der Waals surface area contributed by atoms with Crippen molar-refractivity contribution < 1.29 is 9.90 Å². The van der Waals surface area contributed by atoms with Crippen molar-refractivity contribution in [3.8, 4) is 0 Å². The molecule has 0 amide bonds. The highest BCUT2D eigenvalue weighted by Gasteiger charge is 2.32. The van der Waals surface area contributed by atoms with E-state index in [-0.39, 0.29) is 0 Å². The van der Waals surface area contributed by atoms with E-state index in [2.05, 4.69) is 9.97 Å². The number of carbonyl (C=O) groups is 1. The molecular formula is C16H17N3O2. The number of aromatic nitrogens is 2. The van der Waals surface area contributed by atoms with Gasteiger partial charge < -0.3 is 10.0 Å². The monoisotopic (exact) mass is 283 g/mol. The van der Waals surface area contributed by atoms with E-state index in [1.54, 1.807) is 0 Å². The zero-order valence-electron chi connectivity index (χ0n) is 12.1. The zero-order chi connectivity index (χ0) is 15.0. The van der Waals surface area contributed by atoms with E-state index in [1.807, 2.05) is 49.1 Å². The minimum atomic E-state index is -0.821. The first-order valence-corrected chi connectivity index (χ1v) is 6.93. The van der Waals surface area contributed by atoms with Crippen LogP contribution in [0.4, 0.5) is 5.82 Å². The number of hydrogen-bond donors (Lipinski definition) is 1. The molecule has 3 rings (SSSR count). The van der Waals surface area contributed by atoms with Gasteiger partial charge in [-0.1, -0.05) is 24.3 Å². The van der Waals surface area contributed by atoms with Crippen LogP contribution in [-0.2, 0) is 17.8 Å². The van der Waals surface area contributed by atoms with Crippen LogP contribution in [0.15, 0.2) is 30.3 Å². The quantitative estimate of drug-likeness (QED) is 0.914. The Kier molecular flexibility index (Phi) is 3.33. The number of fused-ring (bicyclic) bond motifs is 1. The largest absolute Gasteiger partial charge is 0.480 e. The summed E-state index contributed by atoms with van der Waals surface area (Å²) in [6.07, 6.45) is 0.494. The number of aryl methyl sites for hydroxylation is 2. The van der Waals surface area contributed by atoms with Crippen molar-refractivity contribution in [2.75, 3.05) is 4.90 Å². The summed E-state index contributed by atoms with van der Waals surface area (Å²) in [5.74, 6) is 0.522. The maximum absolute atomic E-state index is 11.6. The molecule has 5 heteroatoms. The van der Waals surface area contributed by atoms with E-state index in [4.69, 9.17) is 0 Å². The van der Waals surface area contributed by atoms with E-state index < -0.39 is 12.0 Å². The van der Waals surface area contributed by atoms with Crippen LogP contribution in [-0.4, -0.2) is 27.1 Å². The number of benzene rings is 1. The van der Waals surface area contributed by atoms with Crippen molar-refractivity contribution in [2.45, 2.75) is 32.9 Å². The highest BCUT2D eigenvalue weighted by Crippen LogP contribution is 2.27. The molecule has 0 fully saturated rings. The van der Waals surface area contributed by atoms with Crippen molar-refractivity contribution in [1.29, 1.82) is 0 Å². The second kappa shape index (κ2) is 5.16. The second-order valence-corrected chi connectivity index (χ2v) is 5.37. The van der Waals surface area contributed by atoms with Gasteiger partial charge in [0.05, 0.1) is 0 Å². The number of carboxylic acid groups (broad SMARTS) is 1. The third-order valence-corrected chi connectivity index (χ3v) is 3.78. The molecule has 1 aromatic heterocycles. The minimum Gasteiger partial charge on any atom is -0.480 e. The van der Waals surface area contributed by atoms with Crippen LogP contribution >= 0.6 is 0 Å². The topological polar surface area (TPSA) is 66.3 Å². The third kappa shape index (κ3) is 2.59. The van der Waals surface area contributed by atoms with Gasteiger partial charge in [0.2, 0.25) is 0 Å². The molecule has 0 saturated heterocycles. The van der Waals surface area contributed by atoms with Gasteiger partial charge in [-0.05, 0) is 25.0 Å². The first-order valence-electron chi connectivity index (χ1n) is 6.93. The van der Waals surface area contributed by atoms with Gasteiger partial charge in [-0.2, -0.15) is 0 Å². The minimum absolute atomic E-state index is 0.494. The van der Waals surface area contributed by atoms with Gasteiger partial charge in [-0.3, -0.25) is 0 Å². The van der Waals surface area contributed by atoms with Gasteiger partial charge >= 0.3 is 5.97 Å². The molecular weight excluding hydrogens is 266 g/mol. The molecule has 1 aromatic carbocycles. The van der Waals surface area contributed by atoms with Crippen LogP contribution in [0.5, 0.6) is 0 Å². The molecule has 1 atom stereocenters. The summed E-state index contributed by atoms with van der Waals surface area (Å²) in [5.41, 5.74) is 3.10. The standard InChI is InChI=1S/C16H17N3O2/c1-10-7-15(18-11(2)17-10)19-9-13-6-4-3-5-12(13)8-14(19)16(20)21/h3-7,14H,8-9H2,1-2H3,(H,20,21). The maximum Gasteiger partial charge on any atom is 0.326 e. The molecule has 108 valence electrons. The van der Waals surface area contributed by atoms with E-state index in [1.165, 1.54) is 0 Å². The summed E-state index contributed by atoms with van der Waals surface area (Å²) in [7, 11) is 0. The van der Waals surface area contributed by atoms with Crippen molar-refractivity contribution in [1.82, 2.24) is 9.97 Å². The first-order chi connectivity index (χ1) is 10.0. The van der Waals surface area contributed by atoms with Gasteiger partial charge in [-0.15, -0.1) is 0 Å². The molecule has 0 saturated carbocycles. The Bertz CT molecular complexity index is 679. The fourth-order valence-electron chi connectivity index (χ4n) is 2.83. The van der Waals surface area contributed by atoms with Crippen LogP contribution in [0.1, 0.15) is 22.6 Å². The maximum atomic E-state index is 11.6. The van der Waals surface area contributed by atoms with Crippen LogP contribution in [0, 0.1) is 13.8 Å². The summed E-state index contributed by atoms with van der Waals surface area (Å²) in [4.78, 5) is 22.2. The lowest BCUT2D eigenvalue weighted by Crippen LogP contribution is -2.46. The Morgan fingerprint density at radius 2 is 1.95 bits per heavy atom. The number of rotatable bonds is 2. The second-order valence-electron chi connectivity index (χ2n) is 5.37. The Morgan fingerprint density at radius 3 is 2.62 bits per heavy atom. The predicted octanol–water partition coefficient (Wildman–Crippen LogP) is 2.11. The van der Waals surface area contributed by atoms with Crippen molar-refractivity contribution in [3.63, 3.8) is 0 Å². The highest BCUT2D eigenvalue weighted by molar-refractivity contribution is 5.79. The third-order valence-electron chi connectivity index (χ3n) is 3.78. The lowest BCUT2D eigenvalue weighted by atomic mass is 9.94. The van der Waals surface area contributed by atoms with Gasteiger partial charge in [0.15, 0.2) is 0 Å². The van der Waals surface area contributed by atoms with Crippen molar-refractivity contribution in [3.05, 3.63) is 53.0 Å². The van der Waals surface area contributed by atoms with E-state index in [0.29, 0.717) is 24.6 Å². The van der Waals surface area contributed by atoms with Crippen LogP contribution in [0.2, 0.25) is 0 Å². The Morgan fingerprint density at radius 1 is 1.24 bits per heavy atom. The van der Waals surface area contributed by atoms with E-state index >= 15 is 0 Å². The van der Waals surface area contributed by atoms with Gasteiger partial charge in [0.25, 0.3) is 0 Å². The molecule has 2 heterocycles. The molecule has 1 aliphatic heterocycles. The number of carboxylic acids is 1. The fourth-order valence-corrected chi connectivity index (χ4v) is 2.83. The molecule has 0 bridgehead atoms. The summed E-state index contributed by atoms with van der Waals surface area (Å²) in [6, 6.07) is 9.23. The number of nitrogens with zero attached hydrogens (tertiary/aromatic N) is 3. The number of aliphatic carboxylic acids is 1. The fraction of sp³-hybridized carbons (Fsp3) is 0.312. The predicted molar refractivity (Wildman–Crippen MR) is 79.3 cm³/mol. The molecule has 0 aliphatic carbocycles. The molecule has 0 radical (unpaired) electrons. The molecule has 21 heavy (non-hydrogen) atoms. The van der Waals surface area contributed by atoms with Crippen LogP contribution in [0.3, 0.4) is 0 Å². The van der Waals surface area contributed by atoms with E-state index in [9.17, 15) is 9.90 Å². The molecule has 5 nitrogen and oxygen atoms in total. The average Bonchev–Trinajstić information content (AvgIpc) is 2.44. The van der Waals surface area contributed by atoms with Gasteiger partial charge in [0.1, 0.15) is 17.7 Å². The van der Waals surface area contributed by atoms with Gasteiger partial charge in [0, 0.05) is 24.7 Å². The summed E-state index contributed by atoms with van der Waals surface area (Å²) >= 11 is 0.